The van der Waals surface area contributed by atoms with E-state index in [0.717, 1.165) is 4.90 Å². The normalized spacial score (nSPS) is 9.82. The monoisotopic (exact) mass is 237 g/mol. The van der Waals surface area contributed by atoms with Crippen LogP contribution in [0.1, 0.15) is 10.4 Å². The van der Waals surface area contributed by atoms with Crippen molar-refractivity contribution in [3.05, 3.63) is 29.8 Å². The van der Waals surface area contributed by atoms with Gasteiger partial charge in [0.05, 0.1) is 0 Å². The van der Waals surface area contributed by atoms with E-state index in [4.69, 9.17) is 15.2 Å². The second-order valence-corrected chi connectivity index (χ2v) is 3.55. The summed E-state index contributed by atoms with van der Waals surface area (Å²) >= 11 is 0. The maximum atomic E-state index is 11.7. The largest absolute Gasteiger partial charge is 0.488 e. The quantitative estimate of drug-likeness (QED) is 0.555. The molecule has 0 spiro atoms. The SMILES string of the molecule is CN(CC(=O)O)C(=O)c1ccc(B(O)O)cc1. The molecule has 7 heteroatoms. The van der Waals surface area contributed by atoms with Gasteiger partial charge in [-0.3, -0.25) is 9.59 Å². The van der Waals surface area contributed by atoms with Crippen molar-refractivity contribution in [2.45, 2.75) is 0 Å². The van der Waals surface area contributed by atoms with Gasteiger partial charge in [0.1, 0.15) is 6.54 Å². The van der Waals surface area contributed by atoms with Crippen LogP contribution < -0.4 is 5.46 Å². The van der Waals surface area contributed by atoms with Crippen LogP contribution >= 0.6 is 0 Å². The molecular formula is C10H12BNO5. The van der Waals surface area contributed by atoms with Crippen molar-refractivity contribution in [2.24, 2.45) is 0 Å². The molecule has 17 heavy (non-hydrogen) atoms. The third kappa shape index (κ3) is 3.58. The molecule has 0 atom stereocenters. The minimum absolute atomic E-state index is 0.266. The fourth-order valence-corrected chi connectivity index (χ4v) is 1.29. The van der Waals surface area contributed by atoms with E-state index < -0.39 is 19.0 Å². The van der Waals surface area contributed by atoms with E-state index in [1.54, 1.807) is 0 Å². The molecular weight excluding hydrogens is 225 g/mol. The summed E-state index contributed by atoms with van der Waals surface area (Å²) in [5, 5.41) is 26.3. The van der Waals surface area contributed by atoms with Gasteiger partial charge in [-0.15, -0.1) is 0 Å². The van der Waals surface area contributed by atoms with E-state index in [0.29, 0.717) is 0 Å². The van der Waals surface area contributed by atoms with E-state index in [2.05, 4.69) is 0 Å². The van der Waals surface area contributed by atoms with Gasteiger partial charge >= 0.3 is 13.1 Å². The van der Waals surface area contributed by atoms with Crippen LogP contribution in [0, 0.1) is 0 Å². The Morgan fingerprint density at radius 2 is 1.76 bits per heavy atom. The molecule has 0 fully saturated rings. The zero-order valence-corrected chi connectivity index (χ0v) is 9.20. The van der Waals surface area contributed by atoms with Crippen molar-refractivity contribution in [3.8, 4) is 0 Å². The highest BCUT2D eigenvalue weighted by Gasteiger charge is 2.16. The molecule has 0 radical (unpaired) electrons. The third-order valence-corrected chi connectivity index (χ3v) is 2.17. The van der Waals surface area contributed by atoms with E-state index in [1.807, 2.05) is 0 Å². The molecule has 90 valence electrons. The minimum Gasteiger partial charge on any atom is -0.480 e. The van der Waals surface area contributed by atoms with Crippen LogP contribution in [0.2, 0.25) is 0 Å². The lowest BCUT2D eigenvalue weighted by Gasteiger charge is -2.14. The summed E-state index contributed by atoms with van der Waals surface area (Å²) in [5.41, 5.74) is 0.556. The summed E-state index contributed by atoms with van der Waals surface area (Å²) in [6, 6.07) is 5.62. The Bertz CT molecular complexity index is 417. The van der Waals surface area contributed by atoms with E-state index in [-0.39, 0.29) is 17.6 Å². The molecule has 0 bridgehead atoms. The van der Waals surface area contributed by atoms with Crippen LogP contribution in [0.3, 0.4) is 0 Å². The van der Waals surface area contributed by atoms with Gasteiger partial charge in [-0.25, -0.2) is 0 Å². The molecule has 0 saturated carbocycles. The Hall–Kier alpha value is -1.86. The number of aliphatic carboxylic acids is 1. The number of benzene rings is 1. The van der Waals surface area contributed by atoms with Gasteiger partial charge in [0.2, 0.25) is 0 Å². The van der Waals surface area contributed by atoms with Crippen molar-refractivity contribution in [3.63, 3.8) is 0 Å². The van der Waals surface area contributed by atoms with Crippen molar-refractivity contribution in [2.75, 3.05) is 13.6 Å². The molecule has 0 heterocycles. The molecule has 6 nitrogen and oxygen atoms in total. The molecule has 1 aromatic rings. The highest BCUT2D eigenvalue weighted by molar-refractivity contribution is 6.58. The van der Waals surface area contributed by atoms with Crippen molar-refractivity contribution >= 4 is 24.5 Å². The lowest BCUT2D eigenvalue weighted by Crippen LogP contribution is -2.33. The van der Waals surface area contributed by atoms with Crippen molar-refractivity contribution in [1.82, 2.24) is 4.90 Å². The molecule has 0 saturated heterocycles. The fourth-order valence-electron chi connectivity index (χ4n) is 1.29. The molecule has 1 rings (SSSR count). The summed E-state index contributed by atoms with van der Waals surface area (Å²) in [6.45, 7) is -0.386. The maximum absolute atomic E-state index is 11.7. The van der Waals surface area contributed by atoms with Crippen LogP contribution in [0.4, 0.5) is 0 Å². The number of carbonyl (C=O) groups excluding carboxylic acids is 1. The second-order valence-electron chi connectivity index (χ2n) is 3.55. The molecule has 0 aliphatic heterocycles. The van der Waals surface area contributed by atoms with Crippen LogP contribution in [0.25, 0.3) is 0 Å². The summed E-state index contributed by atoms with van der Waals surface area (Å²) in [4.78, 5) is 23.2. The van der Waals surface area contributed by atoms with Gasteiger partial charge in [-0.05, 0) is 17.6 Å². The Balaban J connectivity index is 2.79. The summed E-state index contributed by atoms with van der Waals surface area (Å²) in [6.07, 6.45) is 0. The van der Waals surface area contributed by atoms with Crippen LogP contribution in [0.5, 0.6) is 0 Å². The van der Waals surface area contributed by atoms with Crippen LogP contribution in [-0.2, 0) is 4.79 Å². The predicted molar refractivity (Wildman–Crippen MR) is 60.9 cm³/mol. The van der Waals surface area contributed by atoms with Gasteiger partial charge in [-0.2, -0.15) is 0 Å². The Labute approximate surface area is 98.2 Å². The molecule has 0 aromatic heterocycles. The van der Waals surface area contributed by atoms with Crippen LogP contribution in [0.15, 0.2) is 24.3 Å². The number of hydrogen-bond donors (Lipinski definition) is 3. The van der Waals surface area contributed by atoms with Gasteiger partial charge in [0, 0.05) is 12.6 Å². The first-order chi connectivity index (χ1) is 7.91. The van der Waals surface area contributed by atoms with Crippen molar-refractivity contribution < 1.29 is 24.7 Å². The smallest absolute Gasteiger partial charge is 0.480 e. The lowest BCUT2D eigenvalue weighted by molar-refractivity contribution is -0.137. The lowest BCUT2D eigenvalue weighted by atomic mass is 9.80. The minimum atomic E-state index is -1.59. The average molecular weight is 237 g/mol. The summed E-state index contributed by atoms with van der Waals surface area (Å²) < 4.78 is 0. The summed E-state index contributed by atoms with van der Waals surface area (Å²) in [7, 11) is -0.207. The first-order valence-corrected chi connectivity index (χ1v) is 4.85. The Morgan fingerprint density at radius 1 is 1.24 bits per heavy atom. The van der Waals surface area contributed by atoms with E-state index >= 15 is 0 Å². The van der Waals surface area contributed by atoms with Gasteiger partial charge < -0.3 is 20.1 Å². The number of nitrogens with zero attached hydrogens (tertiary/aromatic N) is 1. The number of likely N-dealkylation sites (N-methyl/N-ethyl adjacent to an activating group) is 1. The van der Waals surface area contributed by atoms with E-state index in [9.17, 15) is 9.59 Å². The van der Waals surface area contributed by atoms with E-state index in [1.165, 1.54) is 31.3 Å². The van der Waals surface area contributed by atoms with Gasteiger partial charge in [0.15, 0.2) is 0 Å². The predicted octanol–water partition coefficient (Wildman–Crippen LogP) is -1.48. The second kappa shape index (κ2) is 5.47. The molecule has 1 aromatic carbocycles. The third-order valence-electron chi connectivity index (χ3n) is 2.17. The number of carbonyl (C=O) groups is 2. The molecule has 0 aliphatic carbocycles. The number of rotatable bonds is 4. The Kier molecular flexibility index (Phi) is 4.25. The number of carboxylic acids is 1. The van der Waals surface area contributed by atoms with Gasteiger partial charge in [-0.1, -0.05) is 12.1 Å². The molecule has 3 N–H and O–H groups in total. The fraction of sp³-hybridized carbons (Fsp3) is 0.200. The zero-order valence-electron chi connectivity index (χ0n) is 9.20. The van der Waals surface area contributed by atoms with Gasteiger partial charge in [0.25, 0.3) is 5.91 Å². The molecule has 0 unspecified atom stereocenters. The average Bonchev–Trinajstić information content (AvgIpc) is 2.27. The topological polar surface area (TPSA) is 98.1 Å². The van der Waals surface area contributed by atoms with Crippen molar-refractivity contribution in [1.29, 1.82) is 0 Å². The highest BCUT2D eigenvalue weighted by atomic mass is 16.4. The number of amides is 1. The Morgan fingerprint density at radius 3 is 2.18 bits per heavy atom. The molecule has 0 aliphatic rings. The number of hydrogen-bond acceptors (Lipinski definition) is 4. The number of carboxylic acid groups (broad SMARTS) is 1. The summed E-state index contributed by atoms with van der Waals surface area (Å²) in [5.74, 6) is -1.53. The zero-order chi connectivity index (χ0) is 13.0. The molecule has 1 amide bonds. The van der Waals surface area contributed by atoms with Crippen LogP contribution in [-0.4, -0.2) is 52.6 Å². The maximum Gasteiger partial charge on any atom is 0.488 e. The first-order valence-electron chi connectivity index (χ1n) is 4.85. The standard InChI is InChI=1S/C10H12BNO5/c1-12(6-9(13)14)10(15)7-2-4-8(5-3-7)11(16)17/h2-5,16-17H,6H2,1H3,(H,13,14). The first kappa shape index (κ1) is 13.2. The highest BCUT2D eigenvalue weighted by Crippen LogP contribution is 2.02.